The minimum Gasteiger partial charge on any atom is -0.406 e. The quantitative estimate of drug-likeness (QED) is 0.172. The van der Waals surface area contributed by atoms with Crippen molar-refractivity contribution in [3.8, 4) is 5.75 Å². The predicted molar refractivity (Wildman–Crippen MR) is 140 cm³/mol. The van der Waals surface area contributed by atoms with Crippen LogP contribution < -0.4 is 15.4 Å². The molecule has 0 saturated carbocycles. The fourth-order valence-corrected chi connectivity index (χ4v) is 3.79. The van der Waals surface area contributed by atoms with Gasteiger partial charge in [0.1, 0.15) is 11.4 Å². The number of unbranched alkanes of at least 4 members (excludes halogenated alkanes) is 1. The first kappa shape index (κ1) is 29.3. The van der Waals surface area contributed by atoms with Gasteiger partial charge in [0.2, 0.25) is 5.91 Å². The van der Waals surface area contributed by atoms with Gasteiger partial charge in [-0.1, -0.05) is 28.6 Å². The minimum absolute atomic E-state index is 0.136. The summed E-state index contributed by atoms with van der Waals surface area (Å²) in [5, 5.41) is 21.5. The third-order valence-corrected chi connectivity index (χ3v) is 5.74. The summed E-state index contributed by atoms with van der Waals surface area (Å²) in [4.78, 5) is 28.9. The lowest BCUT2D eigenvalue weighted by Gasteiger charge is -2.09. The fraction of sp³-hybridized carbons (Fsp3) is 0.346. The van der Waals surface area contributed by atoms with Crippen molar-refractivity contribution >= 4 is 17.5 Å². The number of halogens is 3. The SMILES string of the molecule is Cc1ccc(CNCC(=O)c2cn(CCCCn3cc(NC(=O)Cc4cccc(OC(F)(F)F)c4)nn3)nn2)cn1. The first-order valence-electron chi connectivity index (χ1n) is 12.7. The molecule has 3 heterocycles. The molecule has 0 aliphatic carbocycles. The monoisotopic (exact) mass is 571 g/mol. The van der Waals surface area contributed by atoms with E-state index in [0.717, 1.165) is 36.2 Å². The highest BCUT2D eigenvalue weighted by atomic mass is 19.4. The molecule has 0 saturated heterocycles. The molecule has 216 valence electrons. The van der Waals surface area contributed by atoms with Gasteiger partial charge in [-0.3, -0.25) is 23.9 Å². The van der Waals surface area contributed by atoms with Crippen molar-refractivity contribution in [1.82, 2.24) is 40.3 Å². The van der Waals surface area contributed by atoms with Crippen LogP contribution in [-0.4, -0.2) is 59.6 Å². The van der Waals surface area contributed by atoms with Crippen LogP contribution in [0.1, 0.15) is 40.2 Å². The Kier molecular flexibility index (Phi) is 9.73. The number of nitrogens with zero attached hydrogens (tertiary/aromatic N) is 7. The Hall–Kier alpha value is -4.66. The van der Waals surface area contributed by atoms with Gasteiger partial charge in [-0.25, -0.2) is 0 Å². The molecular weight excluding hydrogens is 543 g/mol. The molecule has 3 aromatic heterocycles. The number of hydrogen-bond acceptors (Lipinski definition) is 9. The van der Waals surface area contributed by atoms with Crippen molar-refractivity contribution in [2.24, 2.45) is 0 Å². The van der Waals surface area contributed by atoms with Crippen LogP contribution in [-0.2, 0) is 30.8 Å². The third kappa shape index (κ3) is 9.79. The first-order valence-corrected chi connectivity index (χ1v) is 12.7. The standard InChI is InChI=1S/C26H28F3N9O3/c1-18-7-8-20(14-31-18)13-30-15-23(39)22-16-37(35-33-22)9-2-3-10-38-17-24(34-36-38)32-25(40)12-19-5-4-6-21(11-19)41-26(27,28)29/h4-8,11,14,16-17,30H,2-3,9-10,12-13,15H2,1H3,(H,32,40). The maximum absolute atomic E-state index is 12.4. The molecule has 0 unspecified atom stereocenters. The maximum Gasteiger partial charge on any atom is 0.573 e. The maximum atomic E-state index is 12.4. The molecule has 0 aliphatic rings. The molecule has 0 radical (unpaired) electrons. The lowest BCUT2D eigenvalue weighted by Crippen LogP contribution is -2.23. The predicted octanol–water partition coefficient (Wildman–Crippen LogP) is 3.11. The van der Waals surface area contributed by atoms with E-state index in [0.29, 0.717) is 25.2 Å². The molecule has 4 aromatic rings. The van der Waals surface area contributed by atoms with Gasteiger partial charge in [0.15, 0.2) is 11.6 Å². The number of ether oxygens (including phenoxy) is 1. The first-order chi connectivity index (χ1) is 19.6. The van der Waals surface area contributed by atoms with E-state index in [1.54, 1.807) is 28.0 Å². The molecule has 1 amide bonds. The van der Waals surface area contributed by atoms with Crippen LogP contribution in [0.25, 0.3) is 0 Å². The van der Waals surface area contributed by atoms with E-state index in [2.05, 4.69) is 41.0 Å². The lowest BCUT2D eigenvalue weighted by atomic mass is 10.1. The zero-order chi connectivity index (χ0) is 29.2. The number of ketones is 1. The average molecular weight is 572 g/mol. The molecule has 0 aliphatic heterocycles. The van der Waals surface area contributed by atoms with E-state index in [1.165, 1.54) is 12.1 Å². The summed E-state index contributed by atoms with van der Waals surface area (Å²) in [5.41, 5.74) is 2.56. The Bertz CT molecular complexity index is 1450. The molecule has 41 heavy (non-hydrogen) atoms. The molecule has 0 bridgehead atoms. The van der Waals surface area contributed by atoms with Crippen LogP contribution in [0.2, 0.25) is 0 Å². The van der Waals surface area contributed by atoms with Gasteiger partial charge >= 0.3 is 6.36 Å². The molecule has 0 atom stereocenters. The average Bonchev–Trinajstić information content (AvgIpc) is 3.56. The Labute approximate surface area is 232 Å². The highest BCUT2D eigenvalue weighted by Gasteiger charge is 2.31. The third-order valence-electron chi connectivity index (χ3n) is 5.74. The van der Waals surface area contributed by atoms with Crippen LogP contribution >= 0.6 is 0 Å². The summed E-state index contributed by atoms with van der Waals surface area (Å²) in [5.74, 6) is -0.786. The number of benzene rings is 1. The number of carbonyl (C=O) groups is 2. The smallest absolute Gasteiger partial charge is 0.406 e. The molecule has 4 rings (SSSR count). The number of Topliss-reactive ketones (excluding diaryl/α,β-unsaturated/α-hetero) is 1. The van der Waals surface area contributed by atoms with E-state index in [9.17, 15) is 22.8 Å². The Morgan fingerprint density at radius 1 is 0.976 bits per heavy atom. The van der Waals surface area contributed by atoms with Gasteiger partial charge in [0.05, 0.1) is 25.4 Å². The van der Waals surface area contributed by atoms with Crippen LogP contribution in [0.5, 0.6) is 5.75 Å². The number of aryl methyl sites for hydroxylation is 3. The zero-order valence-electron chi connectivity index (χ0n) is 22.1. The van der Waals surface area contributed by atoms with Gasteiger partial charge in [-0.15, -0.1) is 23.4 Å². The summed E-state index contributed by atoms with van der Waals surface area (Å²) in [7, 11) is 0. The number of nitrogens with one attached hydrogen (secondary N) is 2. The van der Waals surface area contributed by atoms with E-state index in [4.69, 9.17) is 0 Å². The number of anilines is 1. The van der Waals surface area contributed by atoms with Crippen molar-refractivity contribution in [3.63, 3.8) is 0 Å². The van der Waals surface area contributed by atoms with Crippen LogP contribution in [0, 0.1) is 6.92 Å². The second kappa shape index (κ2) is 13.6. The number of carbonyl (C=O) groups excluding carboxylic acids is 2. The fourth-order valence-electron chi connectivity index (χ4n) is 3.79. The van der Waals surface area contributed by atoms with Crippen molar-refractivity contribution < 1.29 is 27.5 Å². The molecule has 15 heteroatoms. The zero-order valence-corrected chi connectivity index (χ0v) is 22.1. The Morgan fingerprint density at radius 2 is 1.73 bits per heavy atom. The van der Waals surface area contributed by atoms with Crippen LogP contribution in [0.4, 0.5) is 19.0 Å². The summed E-state index contributed by atoms with van der Waals surface area (Å²) >= 11 is 0. The second-order valence-electron chi connectivity index (χ2n) is 9.20. The van der Waals surface area contributed by atoms with Gasteiger partial charge in [0.25, 0.3) is 0 Å². The van der Waals surface area contributed by atoms with Crippen molar-refractivity contribution in [1.29, 1.82) is 0 Å². The van der Waals surface area contributed by atoms with Crippen molar-refractivity contribution in [2.75, 3.05) is 11.9 Å². The largest absolute Gasteiger partial charge is 0.573 e. The van der Waals surface area contributed by atoms with E-state index < -0.39 is 18.0 Å². The summed E-state index contributed by atoms with van der Waals surface area (Å²) in [6.07, 6.45) is 1.42. The van der Waals surface area contributed by atoms with E-state index in [-0.39, 0.29) is 30.3 Å². The van der Waals surface area contributed by atoms with E-state index >= 15 is 0 Å². The number of hydrogen-bond donors (Lipinski definition) is 2. The highest BCUT2D eigenvalue weighted by molar-refractivity contribution is 5.95. The van der Waals surface area contributed by atoms with Crippen LogP contribution in [0.15, 0.2) is 55.0 Å². The molecule has 1 aromatic carbocycles. The van der Waals surface area contributed by atoms with E-state index in [1.807, 2.05) is 19.1 Å². The highest BCUT2D eigenvalue weighted by Crippen LogP contribution is 2.23. The summed E-state index contributed by atoms with van der Waals surface area (Å²) in [6.45, 7) is 3.65. The Balaban J connectivity index is 1.14. The summed E-state index contributed by atoms with van der Waals surface area (Å²) < 4.78 is 44.3. The van der Waals surface area contributed by atoms with Gasteiger partial charge in [-0.2, -0.15) is 0 Å². The van der Waals surface area contributed by atoms with Gasteiger partial charge in [-0.05, 0) is 49.1 Å². The molecule has 0 fully saturated rings. The minimum atomic E-state index is -4.81. The number of rotatable bonds is 14. The van der Waals surface area contributed by atoms with Crippen molar-refractivity contribution in [3.05, 3.63) is 77.5 Å². The van der Waals surface area contributed by atoms with Gasteiger partial charge < -0.3 is 15.4 Å². The number of aromatic nitrogens is 7. The van der Waals surface area contributed by atoms with Gasteiger partial charge in [0, 0.05) is 31.5 Å². The normalized spacial score (nSPS) is 11.4. The number of pyridine rings is 1. The molecule has 0 spiro atoms. The number of amides is 1. The second-order valence-corrected chi connectivity index (χ2v) is 9.20. The summed E-state index contributed by atoms with van der Waals surface area (Å²) in [6, 6.07) is 9.08. The molecule has 12 nitrogen and oxygen atoms in total. The topological polar surface area (TPSA) is 142 Å². The number of alkyl halides is 3. The molecule has 2 N–H and O–H groups in total. The Morgan fingerprint density at radius 3 is 2.46 bits per heavy atom. The molecular formula is C26H28F3N9O3. The lowest BCUT2D eigenvalue weighted by molar-refractivity contribution is -0.274. The van der Waals surface area contributed by atoms with Crippen LogP contribution in [0.3, 0.4) is 0 Å². The van der Waals surface area contributed by atoms with Crippen molar-refractivity contribution in [2.45, 2.75) is 52.2 Å².